The van der Waals surface area contributed by atoms with Crippen LogP contribution < -0.4 is 10.1 Å². The quantitative estimate of drug-likeness (QED) is 0.329. The molecule has 1 saturated heterocycles. The van der Waals surface area contributed by atoms with Crippen LogP contribution in [0.1, 0.15) is 28.0 Å². The summed E-state index contributed by atoms with van der Waals surface area (Å²) in [6.07, 6.45) is 4.45. The summed E-state index contributed by atoms with van der Waals surface area (Å²) in [6, 6.07) is 15.8. The lowest BCUT2D eigenvalue weighted by Gasteiger charge is -2.13. The zero-order valence-corrected chi connectivity index (χ0v) is 21.2. The van der Waals surface area contributed by atoms with Gasteiger partial charge in [0.1, 0.15) is 10.1 Å². The molecule has 0 unspecified atom stereocenters. The van der Waals surface area contributed by atoms with Gasteiger partial charge < -0.3 is 10.1 Å². The van der Waals surface area contributed by atoms with Crippen LogP contribution in [0.5, 0.6) is 5.75 Å². The number of nitrogens with zero attached hydrogens (tertiary/aromatic N) is 2. The number of carbonyl (C=O) groups is 2. The van der Waals surface area contributed by atoms with E-state index < -0.39 is 0 Å². The van der Waals surface area contributed by atoms with Crippen LogP contribution in [-0.4, -0.2) is 39.7 Å². The summed E-state index contributed by atoms with van der Waals surface area (Å²) in [5.74, 6) is 0.264. The van der Waals surface area contributed by atoms with Crippen molar-refractivity contribution in [3.63, 3.8) is 0 Å². The lowest BCUT2D eigenvalue weighted by molar-refractivity contribution is -0.122. The maximum absolute atomic E-state index is 12.9. The summed E-state index contributed by atoms with van der Waals surface area (Å²) < 4.78 is 5.79. The monoisotopic (exact) mass is 509 g/mol. The molecule has 4 rings (SSSR count). The Balaban J connectivity index is 1.32. The molecule has 0 saturated carbocycles. The van der Waals surface area contributed by atoms with Gasteiger partial charge >= 0.3 is 0 Å². The average Bonchev–Trinajstić information content (AvgIpc) is 3.35. The first kappa shape index (κ1) is 24.1. The van der Waals surface area contributed by atoms with Crippen LogP contribution in [0.4, 0.5) is 5.13 Å². The first-order chi connectivity index (χ1) is 16.4. The minimum Gasteiger partial charge on any atom is -0.496 e. The summed E-state index contributed by atoms with van der Waals surface area (Å²) in [6.45, 7) is 2.27. The molecule has 2 amide bonds. The van der Waals surface area contributed by atoms with Crippen molar-refractivity contribution < 1.29 is 14.3 Å². The van der Waals surface area contributed by atoms with Crippen molar-refractivity contribution in [3.05, 3.63) is 81.2 Å². The predicted molar refractivity (Wildman–Crippen MR) is 142 cm³/mol. The minimum atomic E-state index is -0.209. The topological polar surface area (TPSA) is 71.5 Å². The van der Waals surface area contributed by atoms with Gasteiger partial charge in [-0.1, -0.05) is 72.0 Å². The molecule has 1 aromatic heterocycles. The third-order valence-corrected chi connectivity index (χ3v) is 7.41. The molecule has 9 heteroatoms. The second-order valence-electron chi connectivity index (χ2n) is 7.67. The Morgan fingerprint density at radius 3 is 2.85 bits per heavy atom. The van der Waals surface area contributed by atoms with Crippen molar-refractivity contribution in [1.82, 2.24) is 9.88 Å². The van der Waals surface area contributed by atoms with Crippen molar-refractivity contribution in [2.24, 2.45) is 0 Å². The zero-order valence-electron chi connectivity index (χ0n) is 18.7. The summed E-state index contributed by atoms with van der Waals surface area (Å²) in [5.41, 5.74) is 3.22. The lowest BCUT2D eigenvalue weighted by Crippen LogP contribution is -2.31. The number of thioether (sulfide) groups is 1. The molecule has 0 atom stereocenters. The number of carbonyl (C=O) groups excluding carboxylic acids is 2. The van der Waals surface area contributed by atoms with Crippen LogP contribution in [-0.2, 0) is 16.0 Å². The Labute approximate surface area is 212 Å². The number of hydrogen-bond acceptors (Lipinski definition) is 7. The fraction of sp³-hybridized carbons (Fsp3) is 0.200. The first-order valence-electron chi connectivity index (χ1n) is 10.6. The van der Waals surface area contributed by atoms with E-state index in [4.69, 9.17) is 17.0 Å². The van der Waals surface area contributed by atoms with Gasteiger partial charge in [0.2, 0.25) is 5.91 Å². The van der Waals surface area contributed by atoms with E-state index in [1.807, 2.05) is 30.3 Å². The van der Waals surface area contributed by atoms with Crippen LogP contribution >= 0.6 is 35.3 Å². The molecule has 0 aliphatic carbocycles. The number of thiazole rings is 1. The first-order valence-corrected chi connectivity index (χ1v) is 12.7. The maximum Gasteiger partial charge on any atom is 0.266 e. The molecular weight excluding hydrogens is 486 g/mol. The van der Waals surface area contributed by atoms with E-state index in [-0.39, 0.29) is 24.8 Å². The van der Waals surface area contributed by atoms with E-state index in [0.29, 0.717) is 20.1 Å². The normalized spacial score (nSPS) is 14.6. The summed E-state index contributed by atoms with van der Waals surface area (Å²) >= 11 is 8.06. The number of hydrogen-bond donors (Lipinski definition) is 1. The third-order valence-electron chi connectivity index (χ3n) is 5.12. The number of methoxy groups -OCH3 is 1. The second-order valence-corrected chi connectivity index (χ2v) is 10.5. The molecule has 2 heterocycles. The Kier molecular flexibility index (Phi) is 7.77. The van der Waals surface area contributed by atoms with Crippen LogP contribution in [0, 0.1) is 6.92 Å². The van der Waals surface area contributed by atoms with Crippen molar-refractivity contribution in [2.45, 2.75) is 19.8 Å². The maximum atomic E-state index is 12.9. The van der Waals surface area contributed by atoms with Crippen LogP contribution in [0.25, 0.3) is 6.08 Å². The van der Waals surface area contributed by atoms with Crippen LogP contribution in [0.3, 0.4) is 0 Å². The highest BCUT2D eigenvalue weighted by atomic mass is 32.2. The molecule has 34 heavy (non-hydrogen) atoms. The molecule has 0 bridgehead atoms. The zero-order chi connectivity index (χ0) is 24.1. The average molecular weight is 510 g/mol. The smallest absolute Gasteiger partial charge is 0.266 e. The third kappa shape index (κ3) is 5.91. The SMILES string of the molecule is COc1ccccc1/C=C1\SC(=S)N(CCC(=O)Nc2ncc(Cc3cccc(C)c3)s2)C1=O. The van der Waals surface area contributed by atoms with Gasteiger partial charge in [-0.2, -0.15) is 0 Å². The van der Waals surface area contributed by atoms with Gasteiger partial charge in [0.05, 0.1) is 12.0 Å². The summed E-state index contributed by atoms with van der Waals surface area (Å²) in [4.78, 5) is 32.7. The van der Waals surface area contributed by atoms with Gasteiger partial charge in [-0.05, 0) is 24.6 Å². The van der Waals surface area contributed by atoms with E-state index in [1.54, 1.807) is 19.4 Å². The van der Waals surface area contributed by atoms with E-state index in [1.165, 1.54) is 39.1 Å². The number of aromatic nitrogens is 1. The highest BCUT2D eigenvalue weighted by molar-refractivity contribution is 8.26. The molecule has 6 nitrogen and oxygen atoms in total. The van der Waals surface area contributed by atoms with Crippen LogP contribution in [0.2, 0.25) is 0 Å². The number of benzene rings is 2. The van der Waals surface area contributed by atoms with E-state index in [2.05, 4.69) is 35.4 Å². The number of aryl methyl sites for hydroxylation is 1. The van der Waals surface area contributed by atoms with Crippen molar-refractivity contribution in [3.8, 4) is 5.75 Å². The molecular formula is C25H23N3O3S3. The van der Waals surface area contributed by atoms with Gasteiger partial charge in [0.15, 0.2) is 5.13 Å². The molecule has 1 aliphatic heterocycles. The number of rotatable bonds is 8. The second kappa shape index (κ2) is 10.9. The predicted octanol–water partition coefficient (Wildman–Crippen LogP) is 5.28. The summed E-state index contributed by atoms with van der Waals surface area (Å²) in [5, 5.41) is 3.38. The number of thiocarbonyl (C=S) groups is 1. The van der Waals surface area contributed by atoms with E-state index in [9.17, 15) is 9.59 Å². The molecule has 1 aliphatic rings. The van der Waals surface area contributed by atoms with E-state index in [0.717, 1.165) is 16.9 Å². The molecule has 174 valence electrons. The Morgan fingerprint density at radius 1 is 1.24 bits per heavy atom. The highest BCUT2D eigenvalue weighted by Gasteiger charge is 2.32. The molecule has 0 radical (unpaired) electrons. The summed E-state index contributed by atoms with van der Waals surface area (Å²) in [7, 11) is 1.59. The highest BCUT2D eigenvalue weighted by Crippen LogP contribution is 2.34. The van der Waals surface area contributed by atoms with Crippen molar-refractivity contribution >= 4 is 62.7 Å². The number of anilines is 1. The Morgan fingerprint density at radius 2 is 2.06 bits per heavy atom. The molecule has 2 aromatic carbocycles. The molecule has 1 fully saturated rings. The minimum absolute atomic E-state index is 0.126. The fourth-order valence-corrected chi connectivity index (χ4v) is 5.65. The number of nitrogens with one attached hydrogen (secondary N) is 1. The van der Waals surface area contributed by atoms with Crippen LogP contribution in [0.15, 0.2) is 59.6 Å². The molecule has 3 aromatic rings. The largest absolute Gasteiger partial charge is 0.496 e. The van der Waals surface area contributed by atoms with Gasteiger partial charge in [0, 0.05) is 36.0 Å². The Bertz CT molecular complexity index is 1270. The van der Waals surface area contributed by atoms with E-state index >= 15 is 0 Å². The molecule has 0 spiro atoms. The number of para-hydroxylation sites is 1. The van der Waals surface area contributed by atoms with Crippen molar-refractivity contribution in [2.75, 3.05) is 19.0 Å². The lowest BCUT2D eigenvalue weighted by atomic mass is 10.1. The Hall–Kier alpha value is -3.01. The van der Waals surface area contributed by atoms with Gasteiger partial charge in [0.25, 0.3) is 5.91 Å². The van der Waals surface area contributed by atoms with Gasteiger partial charge in [-0.3, -0.25) is 14.5 Å². The standard InChI is InChI=1S/C25H23N3O3S3/c1-16-6-5-7-17(12-16)13-19-15-26-24(33-19)27-22(29)10-11-28-23(30)21(34-25(28)32)14-18-8-3-4-9-20(18)31-2/h3-9,12,14-15H,10-11,13H2,1-2H3,(H,26,27,29)/b21-14-. The van der Waals surface area contributed by atoms with Crippen molar-refractivity contribution in [1.29, 1.82) is 0 Å². The fourth-order valence-electron chi connectivity index (χ4n) is 3.49. The van der Waals surface area contributed by atoms with Gasteiger partial charge in [-0.15, -0.1) is 11.3 Å². The molecule has 1 N–H and O–H groups in total. The number of ether oxygens (including phenoxy) is 1. The van der Waals surface area contributed by atoms with Gasteiger partial charge in [-0.25, -0.2) is 4.98 Å². The number of amides is 2.